The molecule has 0 atom stereocenters. The van der Waals surface area contributed by atoms with Crippen molar-refractivity contribution in [3.8, 4) is 17.6 Å². The molecule has 1 aliphatic heterocycles. The number of ether oxygens (including phenoxy) is 3. The first-order valence-corrected chi connectivity index (χ1v) is 8.91. The van der Waals surface area contributed by atoms with Crippen LogP contribution in [0.15, 0.2) is 16.6 Å². The number of nitriles is 1. The summed E-state index contributed by atoms with van der Waals surface area (Å²) in [5, 5.41) is 12.1. The molecule has 0 unspecified atom stereocenters. The van der Waals surface area contributed by atoms with Gasteiger partial charge in [-0.1, -0.05) is 0 Å². The SMILES string of the molecule is COc1cc(CNCCCN2CCOCC2)cc(Br)c1OCC#N.[Cl-].[Cl-]. The Labute approximate surface area is 176 Å². The van der Waals surface area contributed by atoms with Crippen molar-refractivity contribution in [2.45, 2.75) is 13.0 Å². The molecule has 148 valence electrons. The van der Waals surface area contributed by atoms with E-state index in [2.05, 4.69) is 26.1 Å². The molecule has 0 aliphatic carbocycles. The molecule has 0 radical (unpaired) electrons. The predicted molar refractivity (Wildman–Crippen MR) is 95.4 cm³/mol. The zero-order valence-corrected chi connectivity index (χ0v) is 17.9. The molecule has 1 saturated heterocycles. The molecule has 0 saturated carbocycles. The number of halogens is 3. The Bertz CT molecular complexity index is 567. The molecule has 1 aliphatic rings. The van der Waals surface area contributed by atoms with Gasteiger partial charge in [0.1, 0.15) is 6.07 Å². The largest absolute Gasteiger partial charge is 1.00 e. The van der Waals surface area contributed by atoms with E-state index in [-0.39, 0.29) is 31.4 Å². The number of morpholine rings is 1. The predicted octanol–water partition coefficient (Wildman–Crippen LogP) is -3.82. The van der Waals surface area contributed by atoms with Gasteiger partial charge in [-0.05, 0) is 53.1 Å². The Hall–Kier alpha value is -0.750. The summed E-state index contributed by atoms with van der Waals surface area (Å²) in [6.07, 6.45) is 1.11. The summed E-state index contributed by atoms with van der Waals surface area (Å²) in [7, 11) is 1.60. The molecule has 1 fully saturated rings. The van der Waals surface area contributed by atoms with E-state index in [4.69, 9.17) is 19.5 Å². The quantitative estimate of drug-likeness (QED) is 0.375. The minimum Gasteiger partial charge on any atom is -1.00 e. The van der Waals surface area contributed by atoms with Crippen LogP contribution < -0.4 is 39.6 Å². The summed E-state index contributed by atoms with van der Waals surface area (Å²) in [6.45, 7) is 6.59. The third-order valence-electron chi connectivity index (χ3n) is 3.83. The molecule has 0 amide bonds. The Kier molecular flexibility index (Phi) is 13.9. The van der Waals surface area contributed by atoms with Gasteiger partial charge in [0.25, 0.3) is 0 Å². The monoisotopic (exact) mass is 467 g/mol. The van der Waals surface area contributed by atoms with Gasteiger partial charge < -0.3 is 44.3 Å². The molecule has 1 aromatic carbocycles. The second-order valence-corrected chi connectivity index (χ2v) is 6.39. The Balaban J connectivity index is 0.00000312. The molecular formula is C17H24BrCl2N3O3-2. The van der Waals surface area contributed by atoms with Crippen molar-refractivity contribution in [2.75, 3.05) is 53.1 Å². The minimum atomic E-state index is -0.00586. The van der Waals surface area contributed by atoms with Crippen LogP contribution in [0, 0.1) is 11.3 Å². The molecule has 1 heterocycles. The van der Waals surface area contributed by atoms with E-state index in [1.54, 1.807) is 7.11 Å². The first-order chi connectivity index (χ1) is 11.7. The fraction of sp³-hybridized carbons (Fsp3) is 0.588. The zero-order valence-electron chi connectivity index (χ0n) is 14.8. The maximum absolute atomic E-state index is 8.65. The molecule has 2 rings (SSSR count). The summed E-state index contributed by atoms with van der Waals surface area (Å²) >= 11 is 3.48. The highest BCUT2D eigenvalue weighted by molar-refractivity contribution is 9.10. The highest BCUT2D eigenvalue weighted by Crippen LogP contribution is 2.36. The lowest BCUT2D eigenvalue weighted by Gasteiger charge is -2.26. The number of methoxy groups -OCH3 is 1. The molecule has 0 spiro atoms. The van der Waals surface area contributed by atoms with Gasteiger partial charge in [-0.3, -0.25) is 4.90 Å². The van der Waals surface area contributed by atoms with Gasteiger partial charge in [0.05, 0.1) is 24.8 Å². The Morgan fingerprint density at radius 2 is 2.04 bits per heavy atom. The van der Waals surface area contributed by atoms with Gasteiger partial charge >= 0.3 is 0 Å². The summed E-state index contributed by atoms with van der Waals surface area (Å²) in [5.41, 5.74) is 1.11. The first-order valence-electron chi connectivity index (χ1n) is 8.11. The topological polar surface area (TPSA) is 66.8 Å². The van der Waals surface area contributed by atoms with Crippen LogP contribution in [0.3, 0.4) is 0 Å². The molecular weight excluding hydrogens is 445 g/mol. The van der Waals surface area contributed by atoms with Crippen LogP contribution in [0.5, 0.6) is 11.5 Å². The summed E-state index contributed by atoms with van der Waals surface area (Å²) < 4.78 is 16.9. The number of hydrogen-bond acceptors (Lipinski definition) is 6. The van der Waals surface area contributed by atoms with Crippen LogP contribution in [-0.2, 0) is 11.3 Å². The summed E-state index contributed by atoms with van der Waals surface area (Å²) in [4.78, 5) is 2.44. The van der Waals surface area contributed by atoms with Crippen molar-refractivity contribution in [3.63, 3.8) is 0 Å². The van der Waals surface area contributed by atoms with E-state index in [0.29, 0.717) is 11.5 Å². The van der Waals surface area contributed by atoms with Crippen molar-refractivity contribution >= 4 is 15.9 Å². The molecule has 0 bridgehead atoms. The molecule has 26 heavy (non-hydrogen) atoms. The second kappa shape index (κ2) is 14.3. The van der Waals surface area contributed by atoms with Crippen LogP contribution in [0.25, 0.3) is 0 Å². The molecule has 6 nitrogen and oxygen atoms in total. The Morgan fingerprint density at radius 1 is 1.31 bits per heavy atom. The van der Waals surface area contributed by atoms with Gasteiger partial charge in [-0.15, -0.1) is 0 Å². The van der Waals surface area contributed by atoms with Gasteiger partial charge in [-0.2, -0.15) is 5.26 Å². The lowest BCUT2D eigenvalue weighted by atomic mass is 10.2. The third kappa shape index (κ3) is 8.30. The highest BCUT2D eigenvalue weighted by Gasteiger charge is 2.12. The maximum atomic E-state index is 8.65. The lowest BCUT2D eigenvalue weighted by Crippen LogP contribution is -3.00. The molecule has 9 heteroatoms. The van der Waals surface area contributed by atoms with E-state index in [1.807, 2.05) is 18.2 Å². The lowest BCUT2D eigenvalue weighted by molar-refractivity contribution is -0.001000. The normalized spacial score (nSPS) is 13.9. The van der Waals surface area contributed by atoms with Crippen LogP contribution in [0.1, 0.15) is 12.0 Å². The van der Waals surface area contributed by atoms with Crippen LogP contribution in [0.4, 0.5) is 0 Å². The summed E-state index contributed by atoms with van der Waals surface area (Å²) in [6, 6.07) is 5.89. The number of nitrogens with one attached hydrogen (secondary N) is 1. The Morgan fingerprint density at radius 3 is 2.69 bits per heavy atom. The third-order valence-corrected chi connectivity index (χ3v) is 4.42. The smallest absolute Gasteiger partial charge is 0.176 e. The van der Waals surface area contributed by atoms with Crippen LogP contribution in [0.2, 0.25) is 0 Å². The maximum Gasteiger partial charge on any atom is 0.176 e. The number of benzene rings is 1. The second-order valence-electron chi connectivity index (χ2n) is 5.54. The highest BCUT2D eigenvalue weighted by atomic mass is 79.9. The van der Waals surface area contributed by atoms with Crippen molar-refractivity contribution in [2.24, 2.45) is 0 Å². The van der Waals surface area contributed by atoms with E-state index in [0.717, 1.165) is 62.4 Å². The summed E-state index contributed by atoms with van der Waals surface area (Å²) in [5.74, 6) is 1.19. The number of rotatable bonds is 9. The number of hydrogen-bond donors (Lipinski definition) is 1. The molecule has 0 aromatic heterocycles. The van der Waals surface area contributed by atoms with Crippen LogP contribution in [-0.4, -0.2) is 58.0 Å². The first kappa shape index (κ1) is 25.2. The van der Waals surface area contributed by atoms with E-state index < -0.39 is 0 Å². The standard InChI is InChI=1S/C17H24BrN3O3.2ClH/c1-22-16-12-14(11-15(18)17(16)24-8-3-19)13-20-4-2-5-21-6-9-23-10-7-21;;/h11-12,20H,2,4-10,13H2,1H3;2*1H/p-2. The van der Waals surface area contributed by atoms with E-state index in [9.17, 15) is 0 Å². The average molecular weight is 469 g/mol. The van der Waals surface area contributed by atoms with Crippen molar-refractivity contribution in [3.05, 3.63) is 22.2 Å². The average Bonchev–Trinajstić information content (AvgIpc) is 2.61. The van der Waals surface area contributed by atoms with E-state index >= 15 is 0 Å². The molecule has 1 N–H and O–H groups in total. The zero-order chi connectivity index (χ0) is 17.2. The van der Waals surface area contributed by atoms with Crippen molar-refractivity contribution < 1.29 is 39.0 Å². The van der Waals surface area contributed by atoms with E-state index in [1.165, 1.54) is 0 Å². The van der Waals surface area contributed by atoms with Gasteiger partial charge in [0.2, 0.25) is 0 Å². The molecule has 1 aromatic rings. The fourth-order valence-electron chi connectivity index (χ4n) is 2.60. The number of nitrogens with zero attached hydrogens (tertiary/aromatic N) is 2. The van der Waals surface area contributed by atoms with Gasteiger partial charge in [0.15, 0.2) is 18.1 Å². The van der Waals surface area contributed by atoms with Crippen molar-refractivity contribution in [1.29, 1.82) is 5.26 Å². The van der Waals surface area contributed by atoms with Gasteiger partial charge in [-0.25, -0.2) is 0 Å². The fourth-order valence-corrected chi connectivity index (χ4v) is 3.21. The van der Waals surface area contributed by atoms with Crippen LogP contribution >= 0.6 is 15.9 Å². The van der Waals surface area contributed by atoms with Gasteiger partial charge in [0, 0.05) is 19.6 Å². The van der Waals surface area contributed by atoms with Crippen molar-refractivity contribution in [1.82, 2.24) is 10.2 Å². The minimum absolute atomic E-state index is 0.